The normalized spacial score (nSPS) is 18.5. The summed E-state index contributed by atoms with van der Waals surface area (Å²) in [4.78, 5) is 18.3. The van der Waals surface area contributed by atoms with E-state index in [2.05, 4.69) is 58.9 Å². The van der Waals surface area contributed by atoms with E-state index in [-0.39, 0.29) is 17.3 Å². The van der Waals surface area contributed by atoms with Crippen molar-refractivity contribution in [2.45, 2.75) is 78.6 Å². The van der Waals surface area contributed by atoms with E-state index in [1.54, 1.807) is 0 Å². The molecule has 1 aliphatic heterocycles. The molecule has 1 aromatic heterocycles. The summed E-state index contributed by atoms with van der Waals surface area (Å²) < 4.78 is 7.64. The van der Waals surface area contributed by atoms with Crippen LogP contribution in [0.3, 0.4) is 0 Å². The van der Waals surface area contributed by atoms with Gasteiger partial charge in [-0.25, -0.2) is 4.99 Å². The molecule has 0 fully saturated rings. The van der Waals surface area contributed by atoms with Gasteiger partial charge in [-0.05, 0) is 30.9 Å². The first kappa shape index (κ1) is 23.2. The summed E-state index contributed by atoms with van der Waals surface area (Å²) in [6, 6.07) is 8.45. The number of aliphatic imine (C=N–C) groups is 1. The molecule has 2 heterocycles. The molecule has 0 N–H and O–H groups in total. The van der Waals surface area contributed by atoms with Gasteiger partial charge in [-0.15, -0.1) is 0 Å². The van der Waals surface area contributed by atoms with Gasteiger partial charge in [0.25, 0.3) is 0 Å². The smallest absolute Gasteiger partial charge is 0.315 e. The molecule has 2 atom stereocenters. The van der Waals surface area contributed by atoms with Crippen LogP contribution in [0.1, 0.15) is 89.1 Å². The molecule has 5 heteroatoms. The second-order valence-corrected chi connectivity index (χ2v) is 9.59. The van der Waals surface area contributed by atoms with Crippen molar-refractivity contribution in [2.75, 3.05) is 6.61 Å². The van der Waals surface area contributed by atoms with Crippen LogP contribution in [0.2, 0.25) is 0 Å². The van der Waals surface area contributed by atoms with Gasteiger partial charge in [0.15, 0.2) is 5.82 Å². The van der Waals surface area contributed by atoms with Gasteiger partial charge in [0.05, 0.1) is 12.3 Å². The van der Waals surface area contributed by atoms with Crippen molar-refractivity contribution in [1.82, 2.24) is 9.78 Å². The lowest BCUT2D eigenvalue weighted by atomic mass is 9.72. The zero-order valence-corrected chi connectivity index (χ0v) is 20.2. The van der Waals surface area contributed by atoms with Gasteiger partial charge in [-0.3, -0.25) is 9.48 Å². The monoisotopic (exact) mass is 423 g/mol. The van der Waals surface area contributed by atoms with Gasteiger partial charge in [-0.2, -0.15) is 5.10 Å². The molecule has 3 rings (SSSR count). The van der Waals surface area contributed by atoms with E-state index in [0.29, 0.717) is 6.61 Å². The lowest BCUT2D eigenvalue weighted by molar-refractivity contribution is -0.146. The molecule has 1 aliphatic rings. The summed E-state index contributed by atoms with van der Waals surface area (Å²) in [5.74, 6) is 0.0911. The minimum absolute atomic E-state index is 0.148. The fourth-order valence-corrected chi connectivity index (χ4v) is 4.56. The maximum atomic E-state index is 13.4. The van der Waals surface area contributed by atoms with Crippen LogP contribution >= 0.6 is 0 Å². The van der Waals surface area contributed by atoms with Crippen molar-refractivity contribution in [1.29, 1.82) is 0 Å². The summed E-state index contributed by atoms with van der Waals surface area (Å²) in [7, 11) is 1.94. The average molecular weight is 424 g/mol. The van der Waals surface area contributed by atoms with E-state index < -0.39 is 5.92 Å². The summed E-state index contributed by atoms with van der Waals surface area (Å²) in [6.07, 6.45) is 3.96. The van der Waals surface area contributed by atoms with Crippen LogP contribution in [0, 0.1) is 5.92 Å². The summed E-state index contributed by atoms with van der Waals surface area (Å²) in [5.41, 5.74) is 5.13. The summed E-state index contributed by atoms with van der Waals surface area (Å²) in [5, 5.41) is 4.87. The zero-order chi connectivity index (χ0) is 22.8. The average Bonchev–Trinajstić information content (AvgIpc) is 3.06. The number of benzene rings is 1. The molecule has 0 bridgehead atoms. The van der Waals surface area contributed by atoms with Crippen LogP contribution in [0.5, 0.6) is 0 Å². The number of carbonyl (C=O) groups excluding carboxylic acids is 1. The van der Waals surface area contributed by atoms with Crippen LogP contribution in [0.4, 0.5) is 5.82 Å². The highest BCUT2D eigenvalue weighted by molar-refractivity contribution is 6.05. The zero-order valence-electron chi connectivity index (χ0n) is 20.2. The predicted molar refractivity (Wildman–Crippen MR) is 126 cm³/mol. The van der Waals surface area contributed by atoms with E-state index in [0.717, 1.165) is 48.5 Å². The Morgan fingerprint density at radius 2 is 1.87 bits per heavy atom. The summed E-state index contributed by atoms with van der Waals surface area (Å²) >= 11 is 0. The second kappa shape index (κ2) is 9.37. The number of unbranched alkanes of at least 4 members (excludes halogenated alkanes) is 2. The van der Waals surface area contributed by atoms with Crippen LogP contribution in [0.15, 0.2) is 29.3 Å². The SMILES string of the molecule is CCCCCOC(=O)C1C(C)=Nc2c(c(C(C)(C)C)nn2C)C1c1ccccc1CC. The Bertz CT molecular complexity index is 966. The molecule has 0 aliphatic carbocycles. The van der Waals surface area contributed by atoms with Crippen LogP contribution in [0.25, 0.3) is 0 Å². The number of nitrogens with zero attached hydrogens (tertiary/aromatic N) is 3. The molecule has 0 amide bonds. The molecule has 0 spiro atoms. The third-order valence-corrected chi connectivity index (χ3v) is 6.16. The van der Waals surface area contributed by atoms with Gasteiger partial charge >= 0.3 is 5.97 Å². The highest BCUT2D eigenvalue weighted by Crippen LogP contribution is 2.47. The topological polar surface area (TPSA) is 56.5 Å². The Kier molecular flexibility index (Phi) is 7.03. The van der Waals surface area contributed by atoms with E-state index in [1.165, 1.54) is 11.1 Å². The standard InChI is InChI=1S/C26H37N3O2/c1-8-10-13-16-31-25(30)20-17(3)27-24-22(23(26(4,5)6)28-29(24)7)21(20)19-15-12-11-14-18(19)9-2/h11-12,14-15,20-21H,8-10,13,16H2,1-7H3. The molecule has 5 nitrogen and oxygen atoms in total. The fraction of sp³-hybridized carbons (Fsp3) is 0.577. The Morgan fingerprint density at radius 3 is 2.52 bits per heavy atom. The fourth-order valence-electron chi connectivity index (χ4n) is 4.56. The highest BCUT2D eigenvalue weighted by Gasteiger charge is 2.44. The van der Waals surface area contributed by atoms with E-state index in [4.69, 9.17) is 14.8 Å². The number of rotatable bonds is 7. The van der Waals surface area contributed by atoms with E-state index in [9.17, 15) is 4.79 Å². The largest absolute Gasteiger partial charge is 0.465 e. The van der Waals surface area contributed by atoms with Crippen LogP contribution in [-0.4, -0.2) is 28.1 Å². The van der Waals surface area contributed by atoms with Crippen molar-refractivity contribution < 1.29 is 9.53 Å². The molecular weight excluding hydrogens is 386 g/mol. The molecule has 2 aromatic rings. The highest BCUT2D eigenvalue weighted by atomic mass is 16.5. The molecule has 31 heavy (non-hydrogen) atoms. The Hall–Kier alpha value is -2.43. The number of ether oxygens (including phenoxy) is 1. The molecular formula is C26H37N3O2. The van der Waals surface area contributed by atoms with Gasteiger partial charge in [-0.1, -0.05) is 71.7 Å². The summed E-state index contributed by atoms with van der Waals surface area (Å²) in [6.45, 7) is 13.2. The van der Waals surface area contributed by atoms with Crippen LogP contribution < -0.4 is 0 Å². The maximum absolute atomic E-state index is 13.4. The maximum Gasteiger partial charge on any atom is 0.315 e. The Balaban J connectivity index is 2.17. The molecule has 0 saturated carbocycles. The van der Waals surface area contributed by atoms with Crippen LogP contribution in [-0.2, 0) is 28.4 Å². The first-order valence-electron chi connectivity index (χ1n) is 11.6. The van der Waals surface area contributed by atoms with Gasteiger partial charge in [0.2, 0.25) is 0 Å². The third-order valence-electron chi connectivity index (χ3n) is 6.16. The second-order valence-electron chi connectivity index (χ2n) is 9.59. The van der Waals surface area contributed by atoms with E-state index >= 15 is 0 Å². The van der Waals surface area contributed by atoms with Crippen molar-refractivity contribution >= 4 is 17.5 Å². The molecule has 168 valence electrons. The first-order valence-corrected chi connectivity index (χ1v) is 11.6. The lowest BCUT2D eigenvalue weighted by Crippen LogP contribution is -2.35. The number of esters is 1. The minimum atomic E-state index is -0.438. The predicted octanol–water partition coefficient (Wildman–Crippen LogP) is 5.87. The number of hydrogen-bond acceptors (Lipinski definition) is 4. The third kappa shape index (κ3) is 4.60. The van der Waals surface area contributed by atoms with Gasteiger partial charge in [0.1, 0.15) is 5.92 Å². The van der Waals surface area contributed by atoms with Crippen molar-refractivity contribution in [3.05, 3.63) is 46.6 Å². The Morgan fingerprint density at radius 1 is 1.16 bits per heavy atom. The molecule has 1 aromatic carbocycles. The molecule has 0 saturated heterocycles. The quantitative estimate of drug-likeness (QED) is 0.413. The number of aryl methyl sites for hydroxylation is 2. The Labute approximate surface area is 186 Å². The number of aromatic nitrogens is 2. The lowest BCUT2D eigenvalue weighted by Gasteiger charge is -2.33. The van der Waals surface area contributed by atoms with Gasteiger partial charge in [0, 0.05) is 29.7 Å². The number of fused-ring (bicyclic) bond motifs is 1. The van der Waals surface area contributed by atoms with Crippen molar-refractivity contribution in [2.24, 2.45) is 18.0 Å². The minimum Gasteiger partial charge on any atom is -0.465 e. The van der Waals surface area contributed by atoms with Gasteiger partial charge < -0.3 is 4.74 Å². The van der Waals surface area contributed by atoms with Crippen molar-refractivity contribution in [3.63, 3.8) is 0 Å². The molecule has 0 radical (unpaired) electrons. The first-order chi connectivity index (χ1) is 14.7. The molecule has 2 unspecified atom stereocenters. The van der Waals surface area contributed by atoms with E-state index in [1.807, 2.05) is 18.7 Å². The van der Waals surface area contributed by atoms with Crippen molar-refractivity contribution in [3.8, 4) is 0 Å². The number of carbonyl (C=O) groups is 1. The number of hydrogen-bond donors (Lipinski definition) is 0.